The predicted molar refractivity (Wildman–Crippen MR) is 96.9 cm³/mol. The van der Waals surface area contributed by atoms with Crippen LogP contribution in [-0.2, 0) is 14.8 Å². The van der Waals surface area contributed by atoms with E-state index in [2.05, 4.69) is 0 Å². The van der Waals surface area contributed by atoms with Crippen molar-refractivity contribution < 1.29 is 13.2 Å². The van der Waals surface area contributed by atoms with Crippen molar-refractivity contribution in [3.63, 3.8) is 0 Å². The number of sulfonamides is 1. The van der Waals surface area contributed by atoms with E-state index in [1.54, 1.807) is 33.5 Å². The third kappa shape index (κ3) is 3.10. The summed E-state index contributed by atoms with van der Waals surface area (Å²) in [7, 11) is -3.46. The molecule has 1 aromatic carbocycles. The average molecular weight is 362 g/mol. The number of anilines is 1. The molecular weight excluding hydrogens is 336 g/mol. The van der Waals surface area contributed by atoms with Crippen molar-refractivity contribution in [1.82, 2.24) is 4.31 Å². The van der Waals surface area contributed by atoms with Gasteiger partial charge in [0, 0.05) is 31.2 Å². The summed E-state index contributed by atoms with van der Waals surface area (Å²) in [5.41, 5.74) is 0.802. The molecule has 3 aliphatic rings. The van der Waals surface area contributed by atoms with Crippen molar-refractivity contribution >= 4 is 21.6 Å². The Morgan fingerprint density at radius 3 is 2.32 bits per heavy atom. The molecule has 1 aromatic rings. The van der Waals surface area contributed by atoms with Gasteiger partial charge in [0.1, 0.15) is 0 Å². The Labute approximate surface area is 150 Å². The maximum Gasteiger partial charge on any atom is 0.243 e. The van der Waals surface area contributed by atoms with Crippen molar-refractivity contribution in [3.05, 3.63) is 24.3 Å². The molecule has 3 fully saturated rings. The Bertz CT molecular complexity index is 742. The Balaban J connectivity index is 1.58. The molecule has 2 aliphatic heterocycles. The Morgan fingerprint density at radius 2 is 1.60 bits per heavy atom. The van der Waals surface area contributed by atoms with E-state index in [4.69, 9.17) is 0 Å². The molecule has 1 amide bonds. The number of hydrogen-bond donors (Lipinski definition) is 0. The molecule has 2 heterocycles. The number of benzene rings is 1. The summed E-state index contributed by atoms with van der Waals surface area (Å²) in [4.78, 5) is 14.0. The van der Waals surface area contributed by atoms with Crippen LogP contribution in [0.2, 0.25) is 0 Å². The van der Waals surface area contributed by atoms with E-state index in [0.29, 0.717) is 23.8 Å². The summed E-state index contributed by atoms with van der Waals surface area (Å²) < 4.78 is 28.1. The molecule has 0 unspecified atom stereocenters. The lowest BCUT2D eigenvalue weighted by molar-refractivity contribution is -0.117. The summed E-state index contributed by atoms with van der Waals surface area (Å²) in [6, 6.07) is 7.06. The molecule has 0 aromatic heterocycles. The predicted octanol–water partition coefficient (Wildman–Crippen LogP) is 3.16. The van der Waals surface area contributed by atoms with Gasteiger partial charge in [-0.1, -0.05) is 12.8 Å². The molecule has 5 nitrogen and oxygen atoms in total. The van der Waals surface area contributed by atoms with Crippen molar-refractivity contribution in [1.29, 1.82) is 0 Å². The lowest BCUT2D eigenvalue weighted by Gasteiger charge is -2.43. The second-order valence-electron chi connectivity index (χ2n) is 7.51. The molecule has 25 heavy (non-hydrogen) atoms. The van der Waals surface area contributed by atoms with Crippen LogP contribution in [0.5, 0.6) is 0 Å². The van der Waals surface area contributed by atoms with Crippen LogP contribution in [0.15, 0.2) is 29.2 Å². The second-order valence-corrected chi connectivity index (χ2v) is 9.40. The van der Waals surface area contributed by atoms with Gasteiger partial charge in [-0.25, -0.2) is 8.42 Å². The summed E-state index contributed by atoms with van der Waals surface area (Å²) in [6.07, 6.45) is 8.08. The van der Waals surface area contributed by atoms with E-state index in [1.807, 2.05) is 0 Å². The number of rotatable bonds is 3. The fourth-order valence-corrected chi connectivity index (χ4v) is 6.49. The highest BCUT2D eigenvalue weighted by Crippen LogP contribution is 2.38. The first-order valence-corrected chi connectivity index (χ1v) is 10.9. The highest BCUT2D eigenvalue weighted by Gasteiger charge is 2.39. The number of hydrogen-bond acceptors (Lipinski definition) is 3. The van der Waals surface area contributed by atoms with E-state index in [0.717, 1.165) is 50.8 Å². The van der Waals surface area contributed by atoms with Gasteiger partial charge in [-0.15, -0.1) is 0 Å². The van der Waals surface area contributed by atoms with Crippen LogP contribution in [0.4, 0.5) is 5.69 Å². The first kappa shape index (κ1) is 17.0. The third-order valence-corrected chi connectivity index (χ3v) is 7.96. The maximum absolute atomic E-state index is 13.2. The van der Waals surface area contributed by atoms with Crippen molar-refractivity contribution in [2.75, 3.05) is 18.0 Å². The fourth-order valence-electron chi connectivity index (χ4n) is 4.73. The Hall–Kier alpha value is -1.40. The van der Waals surface area contributed by atoms with Gasteiger partial charge in [0.25, 0.3) is 0 Å². The quantitative estimate of drug-likeness (QED) is 0.830. The largest absolute Gasteiger partial charge is 0.312 e. The van der Waals surface area contributed by atoms with E-state index in [1.165, 1.54) is 6.42 Å². The van der Waals surface area contributed by atoms with Gasteiger partial charge in [0.2, 0.25) is 15.9 Å². The van der Waals surface area contributed by atoms with Crippen LogP contribution in [0, 0.1) is 5.92 Å². The summed E-state index contributed by atoms with van der Waals surface area (Å²) in [6.45, 7) is 1.36. The second kappa shape index (κ2) is 6.72. The molecule has 4 rings (SSSR count). The van der Waals surface area contributed by atoms with E-state index < -0.39 is 10.0 Å². The van der Waals surface area contributed by atoms with Gasteiger partial charge in [-0.05, 0) is 62.3 Å². The Morgan fingerprint density at radius 1 is 0.880 bits per heavy atom. The standard InChI is InChI=1S/C19H26N2O3S/c22-19-8-4-13-20(19)16-9-11-17(12-10-16)25(23,24)21-14-3-6-15-5-1-2-7-18(15)21/h9-12,15,18H,1-8,13-14H2/t15-,18-/m1/s1. The molecule has 2 saturated heterocycles. The maximum atomic E-state index is 13.2. The zero-order valence-electron chi connectivity index (χ0n) is 14.6. The van der Waals surface area contributed by atoms with Crippen LogP contribution < -0.4 is 4.90 Å². The molecule has 0 bridgehead atoms. The molecule has 2 atom stereocenters. The Kier molecular flexibility index (Phi) is 4.58. The molecule has 6 heteroatoms. The monoisotopic (exact) mass is 362 g/mol. The van der Waals surface area contributed by atoms with Crippen molar-refractivity contribution in [2.45, 2.75) is 62.3 Å². The smallest absolute Gasteiger partial charge is 0.243 e. The summed E-state index contributed by atoms with van der Waals surface area (Å²) >= 11 is 0. The SMILES string of the molecule is O=C1CCCN1c1ccc(S(=O)(=O)N2CCC[C@H]3CCCC[C@H]32)cc1. The van der Waals surface area contributed by atoms with Crippen LogP contribution in [0.3, 0.4) is 0 Å². The zero-order valence-corrected chi connectivity index (χ0v) is 15.4. The van der Waals surface area contributed by atoms with E-state index in [-0.39, 0.29) is 11.9 Å². The molecular formula is C19H26N2O3S. The van der Waals surface area contributed by atoms with Crippen molar-refractivity contribution in [3.8, 4) is 0 Å². The number of nitrogens with zero attached hydrogens (tertiary/aromatic N) is 2. The lowest BCUT2D eigenvalue weighted by atomic mass is 9.79. The zero-order chi connectivity index (χ0) is 17.4. The van der Waals surface area contributed by atoms with Gasteiger partial charge in [0.15, 0.2) is 0 Å². The topological polar surface area (TPSA) is 57.7 Å². The van der Waals surface area contributed by atoms with Gasteiger partial charge < -0.3 is 4.90 Å². The molecule has 0 spiro atoms. The normalized spacial score (nSPS) is 28.2. The summed E-state index contributed by atoms with van der Waals surface area (Å²) in [5, 5.41) is 0. The van der Waals surface area contributed by atoms with Gasteiger partial charge >= 0.3 is 0 Å². The lowest BCUT2D eigenvalue weighted by Crippen LogP contribution is -2.49. The van der Waals surface area contributed by atoms with Gasteiger partial charge in [0.05, 0.1) is 4.90 Å². The minimum Gasteiger partial charge on any atom is -0.312 e. The van der Waals surface area contributed by atoms with Gasteiger partial charge in [-0.2, -0.15) is 4.31 Å². The minimum absolute atomic E-state index is 0.122. The first-order valence-electron chi connectivity index (χ1n) is 9.50. The summed E-state index contributed by atoms with van der Waals surface area (Å²) in [5.74, 6) is 0.649. The highest BCUT2D eigenvalue weighted by atomic mass is 32.2. The number of carbonyl (C=O) groups excluding carboxylic acids is 1. The van der Waals surface area contributed by atoms with Crippen LogP contribution in [-0.4, -0.2) is 37.8 Å². The van der Waals surface area contributed by atoms with Crippen LogP contribution >= 0.6 is 0 Å². The van der Waals surface area contributed by atoms with Crippen LogP contribution in [0.25, 0.3) is 0 Å². The molecule has 0 radical (unpaired) electrons. The third-order valence-electron chi connectivity index (χ3n) is 6.02. The van der Waals surface area contributed by atoms with Crippen molar-refractivity contribution in [2.24, 2.45) is 5.92 Å². The van der Waals surface area contributed by atoms with E-state index in [9.17, 15) is 13.2 Å². The average Bonchev–Trinajstić information content (AvgIpc) is 3.07. The number of fused-ring (bicyclic) bond motifs is 1. The fraction of sp³-hybridized carbons (Fsp3) is 0.632. The number of amides is 1. The minimum atomic E-state index is -3.46. The van der Waals surface area contributed by atoms with Crippen LogP contribution in [0.1, 0.15) is 51.4 Å². The van der Waals surface area contributed by atoms with E-state index >= 15 is 0 Å². The molecule has 1 aliphatic carbocycles. The molecule has 1 saturated carbocycles. The number of piperidine rings is 1. The first-order chi connectivity index (χ1) is 12.1. The molecule has 0 N–H and O–H groups in total. The highest BCUT2D eigenvalue weighted by molar-refractivity contribution is 7.89. The number of carbonyl (C=O) groups is 1. The molecule has 136 valence electrons. The van der Waals surface area contributed by atoms with Gasteiger partial charge in [-0.3, -0.25) is 4.79 Å².